The highest BCUT2D eigenvalue weighted by atomic mass is 79.9. The molecule has 2 aromatic heterocycles. The molecule has 3 heterocycles. The molecule has 0 saturated heterocycles. The van der Waals surface area contributed by atoms with Crippen LogP contribution in [0.5, 0.6) is 0 Å². The summed E-state index contributed by atoms with van der Waals surface area (Å²) in [5.41, 5.74) is 4.19. The number of esters is 1. The van der Waals surface area contributed by atoms with Gasteiger partial charge in [0.25, 0.3) is 5.56 Å². The van der Waals surface area contributed by atoms with Crippen molar-refractivity contribution < 1.29 is 13.9 Å². The third-order valence-corrected chi connectivity index (χ3v) is 9.48. The molecule has 0 saturated carbocycles. The van der Waals surface area contributed by atoms with E-state index in [-0.39, 0.29) is 12.2 Å². The van der Waals surface area contributed by atoms with E-state index in [0.717, 1.165) is 31.6 Å². The minimum Gasteiger partial charge on any atom is -0.463 e. The predicted octanol–water partition coefficient (Wildman–Crippen LogP) is 6.99. The van der Waals surface area contributed by atoms with Gasteiger partial charge in [0.15, 0.2) is 4.80 Å². The number of thioether (sulfide) groups is 1. The molecule has 0 N–H and O–H groups in total. The molecule has 6 nitrogen and oxygen atoms in total. The van der Waals surface area contributed by atoms with Crippen LogP contribution in [-0.4, -0.2) is 23.4 Å². The van der Waals surface area contributed by atoms with Crippen molar-refractivity contribution >= 4 is 56.8 Å². The Balaban J connectivity index is 1.55. The van der Waals surface area contributed by atoms with Crippen molar-refractivity contribution in [3.8, 4) is 11.3 Å². The van der Waals surface area contributed by atoms with Gasteiger partial charge in [0.05, 0.1) is 28.5 Å². The first kappa shape index (κ1) is 29.2. The number of carbonyl (C=O) groups is 1. The van der Waals surface area contributed by atoms with Crippen LogP contribution in [0.15, 0.2) is 114 Å². The second kappa shape index (κ2) is 12.4. The Morgan fingerprint density at radius 3 is 2.56 bits per heavy atom. The molecule has 0 radical (unpaired) electrons. The van der Waals surface area contributed by atoms with E-state index in [1.807, 2.05) is 98.1 Å². The van der Waals surface area contributed by atoms with E-state index in [4.69, 9.17) is 14.1 Å². The average molecular weight is 672 g/mol. The van der Waals surface area contributed by atoms with E-state index in [1.54, 1.807) is 29.3 Å². The van der Waals surface area contributed by atoms with Gasteiger partial charge in [-0.2, -0.15) is 0 Å². The fraction of sp³-hybridized carbons (Fsp3) is 0.147. The van der Waals surface area contributed by atoms with Gasteiger partial charge in [0.1, 0.15) is 11.5 Å². The summed E-state index contributed by atoms with van der Waals surface area (Å²) in [4.78, 5) is 34.2. The van der Waals surface area contributed by atoms with E-state index >= 15 is 0 Å². The summed E-state index contributed by atoms with van der Waals surface area (Å²) in [6, 6.07) is 26.5. The largest absolute Gasteiger partial charge is 0.463 e. The molecular formula is C34H27BrN2O4S2. The summed E-state index contributed by atoms with van der Waals surface area (Å²) in [6.07, 6.45) is 3.74. The van der Waals surface area contributed by atoms with Gasteiger partial charge < -0.3 is 9.15 Å². The maximum Gasteiger partial charge on any atom is 0.338 e. The standard InChI is InChI=1S/C34H27BrN2O4S2/c1-4-40-33(39)29-30(21-8-6-5-7-9-21)36-34-37(31(29)22-11-14-24(42-3)15-12-22)32(38)28(43-34)19-23-13-17-27(41-23)25-16-10-20(2)18-26(25)35/h5-19,31H,4H2,1-3H3/b28-19-/t31-/m1/s1. The summed E-state index contributed by atoms with van der Waals surface area (Å²) in [6.45, 7) is 4.00. The van der Waals surface area contributed by atoms with Crippen molar-refractivity contribution in [1.29, 1.82) is 0 Å². The monoisotopic (exact) mass is 670 g/mol. The van der Waals surface area contributed by atoms with Gasteiger partial charge >= 0.3 is 5.97 Å². The Hall–Kier alpha value is -3.92. The number of furan rings is 1. The van der Waals surface area contributed by atoms with Crippen molar-refractivity contribution in [2.45, 2.75) is 24.8 Å². The fourth-order valence-electron chi connectivity index (χ4n) is 5.07. The zero-order valence-corrected chi connectivity index (χ0v) is 26.9. The molecule has 0 unspecified atom stereocenters. The van der Waals surface area contributed by atoms with Crippen LogP contribution >= 0.6 is 39.0 Å². The lowest BCUT2D eigenvalue weighted by atomic mass is 9.93. The van der Waals surface area contributed by atoms with Crippen LogP contribution in [0.4, 0.5) is 0 Å². The van der Waals surface area contributed by atoms with Crippen LogP contribution in [0.3, 0.4) is 0 Å². The molecular weight excluding hydrogens is 644 g/mol. The first-order chi connectivity index (χ1) is 20.9. The molecule has 0 fully saturated rings. The summed E-state index contributed by atoms with van der Waals surface area (Å²) in [5, 5.41) is 0. The van der Waals surface area contributed by atoms with Crippen LogP contribution in [0.1, 0.15) is 35.4 Å². The highest BCUT2D eigenvalue weighted by Gasteiger charge is 2.35. The van der Waals surface area contributed by atoms with Crippen LogP contribution in [0.2, 0.25) is 0 Å². The molecule has 1 atom stereocenters. The number of ether oxygens (including phenoxy) is 1. The number of hydrogen-bond acceptors (Lipinski definition) is 7. The van der Waals surface area contributed by atoms with E-state index < -0.39 is 12.0 Å². The number of halogens is 1. The molecule has 9 heteroatoms. The Morgan fingerprint density at radius 1 is 1.09 bits per heavy atom. The fourth-order valence-corrected chi connectivity index (χ4v) is 7.14. The van der Waals surface area contributed by atoms with Crippen molar-refractivity contribution in [3.63, 3.8) is 0 Å². The Morgan fingerprint density at radius 2 is 1.86 bits per heavy atom. The average Bonchev–Trinajstić information content (AvgIpc) is 3.60. The van der Waals surface area contributed by atoms with Crippen LogP contribution < -0.4 is 14.9 Å². The quantitative estimate of drug-likeness (QED) is 0.138. The zero-order chi connectivity index (χ0) is 30.1. The maximum atomic E-state index is 14.1. The van der Waals surface area contributed by atoms with E-state index in [9.17, 15) is 9.59 Å². The van der Waals surface area contributed by atoms with Crippen molar-refractivity contribution in [1.82, 2.24) is 4.57 Å². The van der Waals surface area contributed by atoms with Crippen molar-refractivity contribution in [2.75, 3.05) is 12.9 Å². The molecule has 3 aromatic carbocycles. The number of benzene rings is 3. The molecule has 0 spiro atoms. The number of rotatable bonds is 7. The first-order valence-corrected chi connectivity index (χ1v) is 16.5. The normalized spacial score (nSPS) is 14.9. The molecule has 43 heavy (non-hydrogen) atoms. The van der Waals surface area contributed by atoms with E-state index in [1.165, 1.54) is 11.3 Å². The zero-order valence-electron chi connectivity index (χ0n) is 23.7. The predicted molar refractivity (Wildman–Crippen MR) is 176 cm³/mol. The lowest BCUT2D eigenvalue weighted by Crippen LogP contribution is -2.40. The van der Waals surface area contributed by atoms with E-state index in [2.05, 4.69) is 15.9 Å². The number of nitrogens with zero attached hydrogens (tertiary/aromatic N) is 2. The second-order valence-electron chi connectivity index (χ2n) is 9.89. The van der Waals surface area contributed by atoms with Gasteiger partial charge in [0, 0.05) is 26.6 Å². The number of aromatic nitrogens is 1. The van der Waals surface area contributed by atoms with Crippen LogP contribution in [-0.2, 0) is 9.53 Å². The molecule has 5 aromatic rings. The molecule has 0 bridgehead atoms. The Bertz CT molecular complexity index is 2040. The molecule has 1 aliphatic rings. The molecule has 216 valence electrons. The number of carbonyl (C=O) groups excluding carboxylic acids is 1. The van der Waals surface area contributed by atoms with Gasteiger partial charge in [-0.1, -0.05) is 75.8 Å². The highest BCUT2D eigenvalue weighted by molar-refractivity contribution is 9.10. The Kier molecular flexibility index (Phi) is 8.38. The van der Waals surface area contributed by atoms with Gasteiger partial charge in [-0.05, 0) is 67.6 Å². The summed E-state index contributed by atoms with van der Waals surface area (Å²) < 4.78 is 14.7. The number of fused-ring (bicyclic) bond motifs is 1. The smallest absolute Gasteiger partial charge is 0.338 e. The molecule has 0 amide bonds. The highest BCUT2D eigenvalue weighted by Crippen LogP contribution is 2.36. The SMILES string of the molecule is CCOC(=O)C1=C(c2ccccc2)N=c2s/c(=C\c3ccc(-c4ccc(C)cc4Br)o3)c(=O)n2[C@@H]1c1ccc(SC)cc1. The minimum absolute atomic E-state index is 0.199. The minimum atomic E-state index is -0.723. The van der Waals surface area contributed by atoms with Gasteiger partial charge in [-0.3, -0.25) is 9.36 Å². The number of hydrogen-bond donors (Lipinski definition) is 0. The van der Waals surface area contributed by atoms with Gasteiger partial charge in [-0.25, -0.2) is 9.79 Å². The Labute approximate surface area is 265 Å². The third kappa shape index (κ3) is 5.72. The summed E-state index contributed by atoms with van der Waals surface area (Å²) in [5.74, 6) is 0.729. The summed E-state index contributed by atoms with van der Waals surface area (Å²) >= 11 is 6.52. The topological polar surface area (TPSA) is 73.8 Å². The summed E-state index contributed by atoms with van der Waals surface area (Å²) in [7, 11) is 0. The second-order valence-corrected chi connectivity index (χ2v) is 12.6. The third-order valence-electron chi connectivity index (χ3n) is 7.10. The van der Waals surface area contributed by atoms with Crippen LogP contribution in [0, 0.1) is 6.92 Å². The molecule has 1 aliphatic heterocycles. The lowest BCUT2D eigenvalue weighted by Gasteiger charge is -2.26. The van der Waals surface area contributed by atoms with Gasteiger partial charge in [-0.15, -0.1) is 11.8 Å². The molecule has 0 aliphatic carbocycles. The van der Waals surface area contributed by atoms with E-state index in [0.29, 0.717) is 32.1 Å². The van der Waals surface area contributed by atoms with Crippen LogP contribution in [0.25, 0.3) is 23.1 Å². The van der Waals surface area contributed by atoms with Crippen molar-refractivity contribution in [3.05, 3.63) is 137 Å². The lowest BCUT2D eigenvalue weighted by molar-refractivity contribution is -0.138. The maximum absolute atomic E-state index is 14.1. The van der Waals surface area contributed by atoms with Gasteiger partial charge in [0.2, 0.25) is 0 Å². The molecule has 6 rings (SSSR count). The first-order valence-electron chi connectivity index (χ1n) is 13.7. The van der Waals surface area contributed by atoms with Crippen molar-refractivity contribution in [2.24, 2.45) is 4.99 Å². The number of aryl methyl sites for hydroxylation is 1. The number of thiazole rings is 1.